The van der Waals surface area contributed by atoms with E-state index in [4.69, 9.17) is 5.11 Å². The van der Waals surface area contributed by atoms with Crippen LogP contribution in [-0.4, -0.2) is 21.9 Å². The van der Waals surface area contributed by atoms with Crippen LogP contribution < -0.4 is 0 Å². The van der Waals surface area contributed by atoms with E-state index in [2.05, 4.69) is 47.6 Å². The Morgan fingerprint density at radius 3 is 2.14 bits per heavy atom. The molecule has 0 radical (unpaired) electrons. The van der Waals surface area contributed by atoms with E-state index in [1.165, 1.54) is 17.3 Å². The van der Waals surface area contributed by atoms with E-state index in [1.54, 1.807) is 0 Å². The van der Waals surface area contributed by atoms with Gasteiger partial charge in [-0.25, -0.2) is 0 Å². The van der Waals surface area contributed by atoms with Crippen molar-refractivity contribution in [1.29, 1.82) is 0 Å². The quantitative estimate of drug-likeness (QED) is 0.594. The summed E-state index contributed by atoms with van der Waals surface area (Å²) in [6.45, 7) is 12.7. The molecule has 0 unspecified atom stereocenters. The van der Waals surface area contributed by atoms with Crippen LogP contribution in [0.1, 0.15) is 65.5 Å². The van der Waals surface area contributed by atoms with Gasteiger partial charge in [0.05, 0.1) is 0 Å². The molecule has 0 aliphatic carbocycles. The molecule has 0 aromatic heterocycles. The molecule has 0 aliphatic heterocycles. The predicted octanol–water partition coefficient (Wildman–Crippen LogP) is 4.94. The van der Waals surface area contributed by atoms with Gasteiger partial charge in [0.1, 0.15) is 5.75 Å². The molecule has 0 heterocycles. The molecule has 1 aromatic rings. The van der Waals surface area contributed by atoms with Crippen LogP contribution in [0.2, 0.25) is 0 Å². The molecule has 2 N–H and O–H groups in total. The molecule has 22 heavy (non-hydrogen) atoms. The van der Waals surface area contributed by atoms with Crippen molar-refractivity contribution in [1.82, 2.24) is 0 Å². The van der Waals surface area contributed by atoms with E-state index in [-0.39, 0.29) is 17.3 Å². The van der Waals surface area contributed by atoms with Crippen LogP contribution in [0.25, 0.3) is 0 Å². The standard InChI is InChI=1S/C18H28O3S/c1-17(2,3)12-10-13(18(4,5)6)16(21)14(11-12)22-9-7-8-15(19)20/h10-11,21H,7-9H2,1-6H3,(H,19,20). The van der Waals surface area contributed by atoms with Gasteiger partial charge in [-0.2, -0.15) is 0 Å². The Kier molecular flexibility index (Phi) is 5.96. The lowest BCUT2D eigenvalue weighted by Gasteiger charge is -2.27. The minimum absolute atomic E-state index is 0.00404. The van der Waals surface area contributed by atoms with Gasteiger partial charge in [-0.15, -0.1) is 11.8 Å². The molecule has 0 bridgehead atoms. The first-order valence-electron chi connectivity index (χ1n) is 7.65. The first-order chi connectivity index (χ1) is 9.93. The van der Waals surface area contributed by atoms with Gasteiger partial charge in [-0.05, 0) is 34.6 Å². The average Bonchev–Trinajstić information content (AvgIpc) is 2.33. The molecule has 0 spiro atoms. The topological polar surface area (TPSA) is 57.5 Å². The number of rotatable bonds is 5. The van der Waals surface area contributed by atoms with Crippen molar-refractivity contribution in [2.24, 2.45) is 0 Å². The summed E-state index contributed by atoms with van der Waals surface area (Å²) in [5.74, 6) is 0.251. The third kappa shape index (κ3) is 5.24. The lowest BCUT2D eigenvalue weighted by molar-refractivity contribution is -0.137. The maximum atomic E-state index is 10.6. The number of carboxylic acids is 1. The number of hydrogen-bond donors (Lipinski definition) is 2. The van der Waals surface area contributed by atoms with E-state index in [9.17, 15) is 9.90 Å². The first kappa shape index (κ1) is 18.9. The minimum atomic E-state index is -0.774. The Hall–Kier alpha value is -1.16. The molecular weight excluding hydrogens is 296 g/mol. The van der Waals surface area contributed by atoms with Crippen LogP contribution in [0.5, 0.6) is 5.75 Å². The molecule has 1 rings (SSSR count). The number of hydrogen-bond acceptors (Lipinski definition) is 3. The number of aliphatic carboxylic acids is 1. The summed E-state index contributed by atoms with van der Waals surface area (Å²) >= 11 is 1.54. The molecular formula is C18H28O3S. The molecule has 0 saturated heterocycles. The summed E-state index contributed by atoms with van der Waals surface area (Å²) in [6.07, 6.45) is 0.767. The smallest absolute Gasteiger partial charge is 0.303 e. The second-order valence-corrected chi connectivity index (χ2v) is 8.85. The molecule has 3 nitrogen and oxygen atoms in total. The van der Waals surface area contributed by atoms with Crippen LogP contribution in [0, 0.1) is 0 Å². The van der Waals surface area contributed by atoms with Crippen molar-refractivity contribution in [2.45, 2.75) is 70.1 Å². The molecule has 0 aliphatic rings. The number of phenols is 1. The molecule has 0 fully saturated rings. The highest BCUT2D eigenvalue weighted by Crippen LogP contribution is 2.41. The van der Waals surface area contributed by atoms with E-state index in [1.807, 2.05) is 6.07 Å². The van der Waals surface area contributed by atoms with Gasteiger partial charge in [-0.1, -0.05) is 47.6 Å². The van der Waals surface area contributed by atoms with E-state index >= 15 is 0 Å². The highest BCUT2D eigenvalue weighted by molar-refractivity contribution is 7.99. The van der Waals surface area contributed by atoms with Gasteiger partial charge in [0.15, 0.2) is 0 Å². The molecule has 0 amide bonds. The second-order valence-electron chi connectivity index (χ2n) is 7.72. The Morgan fingerprint density at radius 2 is 1.68 bits per heavy atom. The van der Waals surface area contributed by atoms with Crippen LogP contribution >= 0.6 is 11.8 Å². The number of thioether (sulfide) groups is 1. The lowest BCUT2D eigenvalue weighted by atomic mass is 9.80. The number of phenolic OH excluding ortho intramolecular Hbond substituents is 1. The molecule has 1 aromatic carbocycles. The number of carboxylic acid groups (broad SMARTS) is 1. The number of benzene rings is 1. The fraction of sp³-hybridized carbons (Fsp3) is 0.611. The van der Waals surface area contributed by atoms with Gasteiger partial charge in [0.25, 0.3) is 0 Å². The van der Waals surface area contributed by atoms with Gasteiger partial charge in [0, 0.05) is 16.9 Å². The number of aromatic hydroxyl groups is 1. The van der Waals surface area contributed by atoms with Gasteiger partial charge >= 0.3 is 5.97 Å². The SMILES string of the molecule is CC(C)(C)c1cc(SCCCC(=O)O)c(O)c(C(C)(C)C)c1. The summed E-state index contributed by atoms with van der Waals surface area (Å²) < 4.78 is 0. The molecule has 0 atom stereocenters. The van der Waals surface area contributed by atoms with Crippen molar-refractivity contribution in [2.75, 3.05) is 5.75 Å². The maximum Gasteiger partial charge on any atom is 0.303 e. The highest BCUT2D eigenvalue weighted by Gasteiger charge is 2.25. The Labute approximate surface area is 138 Å². The summed E-state index contributed by atoms with van der Waals surface area (Å²) in [6, 6.07) is 4.13. The third-order valence-corrected chi connectivity index (χ3v) is 4.66. The Bertz CT molecular complexity index is 536. The zero-order valence-electron chi connectivity index (χ0n) is 14.5. The van der Waals surface area contributed by atoms with E-state index in [0.29, 0.717) is 17.9 Å². The fourth-order valence-corrected chi connectivity index (χ4v) is 3.09. The van der Waals surface area contributed by atoms with Crippen molar-refractivity contribution in [3.05, 3.63) is 23.3 Å². The van der Waals surface area contributed by atoms with Gasteiger partial charge in [0.2, 0.25) is 0 Å². The Balaban J connectivity index is 3.12. The monoisotopic (exact) mass is 324 g/mol. The van der Waals surface area contributed by atoms with E-state index in [0.717, 1.165) is 10.5 Å². The van der Waals surface area contributed by atoms with Crippen LogP contribution in [-0.2, 0) is 15.6 Å². The van der Waals surface area contributed by atoms with Crippen molar-refractivity contribution in [3.8, 4) is 5.75 Å². The maximum absolute atomic E-state index is 10.6. The van der Waals surface area contributed by atoms with Gasteiger partial charge < -0.3 is 10.2 Å². The van der Waals surface area contributed by atoms with Crippen molar-refractivity contribution >= 4 is 17.7 Å². The summed E-state index contributed by atoms with van der Waals surface area (Å²) in [5.41, 5.74) is 2.00. The zero-order valence-corrected chi connectivity index (χ0v) is 15.3. The normalized spacial score (nSPS) is 12.5. The molecule has 0 saturated carbocycles. The molecule has 4 heteroatoms. The largest absolute Gasteiger partial charge is 0.506 e. The fourth-order valence-electron chi connectivity index (χ4n) is 2.13. The highest BCUT2D eigenvalue weighted by atomic mass is 32.2. The predicted molar refractivity (Wildman–Crippen MR) is 93.1 cm³/mol. The molecule has 124 valence electrons. The number of carbonyl (C=O) groups is 1. The van der Waals surface area contributed by atoms with Crippen molar-refractivity contribution in [3.63, 3.8) is 0 Å². The second kappa shape index (κ2) is 6.95. The minimum Gasteiger partial charge on any atom is -0.506 e. The van der Waals surface area contributed by atoms with Crippen LogP contribution in [0.3, 0.4) is 0 Å². The van der Waals surface area contributed by atoms with Crippen LogP contribution in [0.4, 0.5) is 0 Å². The van der Waals surface area contributed by atoms with Crippen LogP contribution in [0.15, 0.2) is 17.0 Å². The Morgan fingerprint density at radius 1 is 1.09 bits per heavy atom. The first-order valence-corrected chi connectivity index (χ1v) is 8.64. The van der Waals surface area contributed by atoms with E-state index < -0.39 is 5.97 Å². The zero-order chi connectivity index (χ0) is 17.1. The lowest BCUT2D eigenvalue weighted by Crippen LogP contribution is -2.17. The summed E-state index contributed by atoms with van der Waals surface area (Å²) in [5, 5.41) is 19.3. The third-order valence-electron chi connectivity index (χ3n) is 3.54. The summed E-state index contributed by atoms with van der Waals surface area (Å²) in [4.78, 5) is 11.4. The van der Waals surface area contributed by atoms with Crippen molar-refractivity contribution < 1.29 is 15.0 Å². The summed E-state index contributed by atoms with van der Waals surface area (Å²) in [7, 11) is 0. The van der Waals surface area contributed by atoms with Gasteiger partial charge in [-0.3, -0.25) is 4.79 Å². The average molecular weight is 324 g/mol.